The van der Waals surface area contributed by atoms with Gasteiger partial charge in [0.25, 0.3) is 0 Å². The molecule has 0 bridgehead atoms. The number of hydrogen-bond donors (Lipinski definition) is 3. The minimum Gasteiger partial charge on any atom is -0.394 e. The van der Waals surface area contributed by atoms with E-state index in [9.17, 15) is 23.4 Å². The quantitative estimate of drug-likeness (QED) is 0.697. The number of aliphatic imine (C=N–C) groups is 1. The first-order chi connectivity index (χ1) is 8.81. The van der Waals surface area contributed by atoms with Crippen LogP contribution in [0.15, 0.2) is 4.99 Å². The van der Waals surface area contributed by atoms with Gasteiger partial charge in [-0.1, -0.05) is 11.8 Å². The molecule has 5 nitrogen and oxygen atoms in total. The first-order valence-electron chi connectivity index (χ1n) is 5.74. The number of aliphatic hydroxyl groups excluding tert-OH is 3. The predicted molar refractivity (Wildman–Crippen MR) is 61.9 cm³/mol. The molecule has 0 aromatic heterocycles. The Balaban J connectivity index is 1.99. The second kappa shape index (κ2) is 5.57. The van der Waals surface area contributed by atoms with Gasteiger partial charge in [0.2, 0.25) is 0 Å². The Morgan fingerprint density at radius 2 is 1.95 bits per heavy atom. The number of nitrogens with zero attached hydrogens (tertiary/aromatic N) is 1. The van der Waals surface area contributed by atoms with Crippen molar-refractivity contribution in [2.24, 2.45) is 4.99 Å². The lowest BCUT2D eigenvalue weighted by atomic mass is 9.99. The number of ether oxygens (including phenoxy) is 1. The molecule has 19 heavy (non-hydrogen) atoms. The number of alkyl halides is 3. The highest BCUT2D eigenvalue weighted by Gasteiger charge is 2.48. The van der Waals surface area contributed by atoms with Crippen LogP contribution in [0.2, 0.25) is 0 Å². The van der Waals surface area contributed by atoms with Crippen LogP contribution < -0.4 is 0 Å². The topological polar surface area (TPSA) is 82.3 Å². The van der Waals surface area contributed by atoms with E-state index >= 15 is 0 Å². The van der Waals surface area contributed by atoms with Crippen LogP contribution >= 0.6 is 11.8 Å². The minimum absolute atomic E-state index is 0.247. The average molecular weight is 301 g/mol. The Kier molecular flexibility index (Phi) is 4.41. The number of aliphatic hydroxyl groups is 3. The average Bonchev–Trinajstić information content (AvgIpc) is 2.73. The lowest BCUT2D eigenvalue weighted by Crippen LogP contribution is -2.55. The van der Waals surface area contributed by atoms with Crippen molar-refractivity contribution < 1.29 is 33.2 Å². The molecule has 1 fully saturated rings. The van der Waals surface area contributed by atoms with Crippen LogP contribution in [-0.4, -0.2) is 62.9 Å². The molecule has 0 spiro atoms. The summed E-state index contributed by atoms with van der Waals surface area (Å²) in [5.74, 6) is 0. The number of thioether (sulfide) groups is 1. The molecule has 3 N–H and O–H groups in total. The van der Waals surface area contributed by atoms with Gasteiger partial charge in [-0.3, -0.25) is 4.99 Å². The molecule has 110 valence electrons. The first-order valence-corrected chi connectivity index (χ1v) is 6.62. The zero-order valence-electron chi connectivity index (χ0n) is 9.75. The van der Waals surface area contributed by atoms with Crippen LogP contribution in [0.5, 0.6) is 0 Å². The highest BCUT2D eigenvalue weighted by molar-refractivity contribution is 8.14. The number of halogens is 3. The molecular formula is C10H14F3NO4S. The Labute approximate surface area is 111 Å². The first kappa shape index (κ1) is 15.0. The molecule has 2 aliphatic rings. The van der Waals surface area contributed by atoms with Gasteiger partial charge in [0, 0.05) is 12.8 Å². The summed E-state index contributed by atoms with van der Waals surface area (Å²) in [5, 5.41) is 28.7. The fourth-order valence-electron chi connectivity index (χ4n) is 2.00. The second-order valence-corrected chi connectivity index (χ2v) is 5.62. The molecular weight excluding hydrogens is 287 g/mol. The molecule has 9 heteroatoms. The molecule has 0 aliphatic carbocycles. The van der Waals surface area contributed by atoms with Crippen LogP contribution in [0.4, 0.5) is 13.2 Å². The Hall–Kier alpha value is -0.350. The number of fused-ring (bicyclic) bond motifs is 1. The van der Waals surface area contributed by atoms with Gasteiger partial charge in [0.1, 0.15) is 29.8 Å². The van der Waals surface area contributed by atoms with Crippen molar-refractivity contribution in [2.45, 2.75) is 48.8 Å². The smallest absolute Gasteiger partial charge is 0.389 e. The van der Waals surface area contributed by atoms with Gasteiger partial charge in [-0.05, 0) is 0 Å². The standard InChI is InChI=1S/C10H14F3NO4S/c11-10(12,13)2-1-5-14-6-8(17)7(16)4(3-15)18-9(6)19-5/h4,6-9,15-17H,1-3H2. The zero-order valence-corrected chi connectivity index (χ0v) is 10.6. The molecule has 2 heterocycles. The fourth-order valence-corrected chi connectivity index (χ4v) is 3.24. The molecule has 0 aromatic rings. The summed E-state index contributed by atoms with van der Waals surface area (Å²) >= 11 is 1.01. The lowest BCUT2D eigenvalue weighted by molar-refractivity contribution is -0.164. The van der Waals surface area contributed by atoms with Gasteiger partial charge in [0.05, 0.1) is 11.7 Å². The molecule has 5 unspecified atom stereocenters. The van der Waals surface area contributed by atoms with Crippen LogP contribution in [0.3, 0.4) is 0 Å². The summed E-state index contributed by atoms with van der Waals surface area (Å²) in [6.07, 6.45) is -8.99. The van der Waals surface area contributed by atoms with E-state index in [4.69, 9.17) is 9.84 Å². The van der Waals surface area contributed by atoms with Crippen molar-refractivity contribution in [3.05, 3.63) is 0 Å². The SMILES string of the molecule is OCC1OC2SC(CCC(F)(F)F)=NC2C(O)C1O. The van der Waals surface area contributed by atoms with Gasteiger partial charge < -0.3 is 20.1 Å². The van der Waals surface area contributed by atoms with Crippen LogP contribution in [0.1, 0.15) is 12.8 Å². The number of rotatable bonds is 3. The van der Waals surface area contributed by atoms with Crippen LogP contribution in [-0.2, 0) is 4.74 Å². The largest absolute Gasteiger partial charge is 0.394 e. The molecule has 2 aliphatic heterocycles. The van der Waals surface area contributed by atoms with E-state index in [-0.39, 0.29) is 11.5 Å². The molecule has 0 amide bonds. The zero-order chi connectivity index (χ0) is 14.2. The van der Waals surface area contributed by atoms with Gasteiger partial charge >= 0.3 is 6.18 Å². The molecule has 0 saturated carbocycles. The minimum atomic E-state index is -4.26. The highest BCUT2D eigenvalue weighted by Crippen LogP contribution is 2.38. The summed E-state index contributed by atoms with van der Waals surface area (Å²) < 4.78 is 41.7. The predicted octanol–water partition coefficient (Wildman–Crippen LogP) is 0.282. The summed E-state index contributed by atoms with van der Waals surface area (Å²) in [4.78, 5) is 3.98. The third-order valence-electron chi connectivity index (χ3n) is 3.02. The molecule has 2 rings (SSSR count). The summed E-state index contributed by atoms with van der Waals surface area (Å²) in [5.41, 5.74) is -0.654. The third-order valence-corrected chi connectivity index (χ3v) is 4.22. The number of hydrogen-bond acceptors (Lipinski definition) is 6. The van der Waals surface area contributed by atoms with E-state index in [1.165, 1.54) is 0 Å². The van der Waals surface area contributed by atoms with Crippen molar-refractivity contribution in [1.82, 2.24) is 0 Å². The highest BCUT2D eigenvalue weighted by atomic mass is 32.2. The Morgan fingerprint density at radius 3 is 2.53 bits per heavy atom. The van der Waals surface area contributed by atoms with E-state index in [2.05, 4.69) is 4.99 Å². The maximum Gasteiger partial charge on any atom is 0.389 e. The maximum atomic E-state index is 12.1. The summed E-state index contributed by atoms with van der Waals surface area (Å²) in [7, 11) is 0. The van der Waals surface area contributed by atoms with Gasteiger partial charge in [-0.15, -0.1) is 0 Å². The van der Waals surface area contributed by atoms with Crippen molar-refractivity contribution in [2.75, 3.05) is 6.61 Å². The molecule has 0 aromatic carbocycles. The summed E-state index contributed by atoms with van der Waals surface area (Å²) in [6, 6.07) is -0.786. The van der Waals surface area contributed by atoms with Gasteiger partial charge in [0.15, 0.2) is 0 Å². The third kappa shape index (κ3) is 3.40. The molecule has 1 saturated heterocycles. The lowest BCUT2D eigenvalue weighted by Gasteiger charge is -2.37. The van der Waals surface area contributed by atoms with E-state index < -0.39 is 49.0 Å². The molecule has 5 atom stereocenters. The van der Waals surface area contributed by atoms with Crippen molar-refractivity contribution in [3.63, 3.8) is 0 Å². The fraction of sp³-hybridized carbons (Fsp3) is 0.900. The Morgan fingerprint density at radius 1 is 1.26 bits per heavy atom. The van der Waals surface area contributed by atoms with E-state index in [1.807, 2.05) is 0 Å². The van der Waals surface area contributed by atoms with Crippen molar-refractivity contribution in [3.8, 4) is 0 Å². The van der Waals surface area contributed by atoms with Crippen molar-refractivity contribution in [1.29, 1.82) is 0 Å². The summed E-state index contributed by atoms with van der Waals surface area (Å²) in [6.45, 7) is -0.472. The van der Waals surface area contributed by atoms with Gasteiger partial charge in [-0.25, -0.2) is 0 Å². The van der Waals surface area contributed by atoms with Gasteiger partial charge in [-0.2, -0.15) is 13.2 Å². The molecule has 0 radical (unpaired) electrons. The Bertz CT molecular complexity index is 365. The van der Waals surface area contributed by atoms with Crippen molar-refractivity contribution >= 4 is 16.8 Å². The second-order valence-electron chi connectivity index (χ2n) is 4.45. The van der Waals surface area contributed by atoms with E-state index in [0.29, 0.717) is 0 Å². The maximum absolute atomic E-state index is 12.1. The monoisotopic (exact) mass is 301 g/mol. The van der Waals surface area contributed by atoms with E-state index in [1.54, 1.807) is 0 Å². The normalized spacial score (nSPS) is 39.1. The van der Waals surface area contributed by atoms with Crippen LogP contribution in [0.25, 0.3) is 0 Å². The van der Waals surface area contributed by atoms with E-state index in [0.717, 1.165) is 11.8 Å². The van der Waals surface area contributed by atoms with Crippen LogP contribution in [0, 0.1) is 0 Å².